The molecule has 2 fully saturated rings. The normalized spacial score (nSPS) is 29.2. The van der Waals surface area contributed by atoms with Crippen molar-refractivity contribution < 1.29 is 9.53 Å². The van der Waals surface area contributed by atoms with Crippen molar-refractivity contribution in [2.75, 3.05) is 19.6 Å². The molecule has 1 atom stereocenters. The molecule has 1 unspecified atom stereocenters. The number of amides is 1. The molecule has 68 valence electrons. The van der Waals surface area contributed by atoms with Crippen molar-refractivity contribution in [1.82, 2.24) is 4.90 Å². The maximum Gasteiger partial charge on any atom is 0.410 e. The van der Waals surface area contributed by atoms with Gasteiger partial charge in [-0.1, -0.05) is 0 Å². The molecular weight excluding hydrogens is 156 g/mol. The minimum atomic E-state index is -0.183. The van der Waals surface area contributed by atoms with E-state index in [9.17, 15) is 4.79 Å². The first-order chi connectivity index (χ1) is 5.81. The van der Waals surface area contributed by atoms with Crippen molar-refractivity contribution >= 4 is 6.09 Å². The Bertz CT molecular complexity index is 191. The lowest BCUT2D eigenvalue weighted by atomic mass is 10.2. The van der Waals surface area contributed by atoms with Crippen LogP contribution in [0.4, 0.5) is 4.79 Å². The summed E-state index contributed by atoms with van der Waals surface area (Å²) in [5, 5.41) is 0. The molecule has 12 heavy (non-hydrogen) atoms. The Morgan fingerprint density at radius 3 is 2.92 bits per heavy atom. The van der Waals surface area contributed by atoms with Crippen LogP contribution in [0.25, 0.3) is 0 Å². The van der Waals surface area contributed by atoms with Crippen LogP contribution in [0, 0.1) is 5.92 Å². The van der Waals surface area contributed by atoms with Gasteiger partial charge in [-0.2, -0.15) is 0 Å². The third-order valence-corrected chi connectivity index (χ3v) is 2.46. The molecule has 0 aromatic heterocycles. The van der Waals surface area contributed by atoms with E-state index in [0.29, 0.717) is 19.0 Å². The SMILES string of the molecule is NCCN1CC(C2CC2)OC1=O. The summed E-state index contributed by atoms with van der Waals surface area (Å²) < 4.78 is 5.18. The summed E-state index contributed by atoms with van der Waals surface area (Å²) in [6, 6.07) is 0. The number of ether oxygens (including phenoxy) is 1. The van der Waals surface area contributed by atoms with Gasteiger partial charge in [0.15, 0.2) is 0 Å². The van der Waals surface area contributed by atoms with Crippen LogP contribution in [0.1, 0.15) is 12.8 Å². The largest absolute Gasteiger partial charge is 0.444 e. The van der Waals surface area contributed by atoms with Crippen molar-refractivity contribution in [3.63, 3.8) is 0 Å². The fourth-order valence-corrected chi connectivity index (χ4v) is 1.58. The average Bonchev–Trinajstić information content (AvgIpc) is 2.80. The number of rotatable bonds is 3. The molecule has 2 rings (SSSR count). The minimum absolute atomic E-state index is 0.157. The predicted octanol–water partition coefficient (Wildman–Crippen LogP) is 0.176. The first kappa shape index (κ1) is 7.86. The summed E-state index contributed by atoms with van der Waals surface area (Å²) in [6.45, 7) is 1.90. The number of cyclic esters (lactones) is 1. The fraction of sp³-hybridized carbons (Fsp3) is 0.875. The predicted molar refractivity (Wildman–Crippen MR) is 43.6 cm³/mol. The molecule has 1 saturated carbocycles. The summed E-state index contributed by atoms with van der Waals surface area (Å²) >= 11 is 0. The van der Waals surface area contributed by atoms with Gasteiger partial charge < -0.3 is 15.4 Å². The van der Waals surface area contributed by atoms with Gasteiger partial charge in [-0.25, -0.2) is 4.79 Å². The van der Waals surface area contributed by atoms with E-state index in [1.54, 1.807) is 4.90 Å². The van der Waals surface area contributed by atoms with Gasteiger partial charge >= 0.3 is 6.09 Å². The lowest BCUT2D eigenvalue weighted by Crippen LogP contribution is -2.30. The lowest BCUT2D eigenvalue weighted by molar-refractivity contribution is 0.124. The van der Waals surface area contributed by atoms with Crippen molar-refractivity contribution in [3.8, 4) is 0 Å². The number of nitrogens with two attached hydrogens (primary N) is 1. The first-order valence-corrected chi connectivity index (χ1v) is 4.47. The van der Waals surface area contributed by atoms with Crippen molar-refractivity contribution in [1.29, 1.82) is 0 Å². The molecule has 0 radical (unpaired) electrons. The van der Waals surface area contributed by atoms with E-state index < -0.39 is 0 Å². The van der Waals surface area contributed by atoms with Gasteiger partial charge in [-0.15, -0.1) is 0 Å². The number of carbonyl (C=O) groups is 1. The van der Waals surface area contributed by atoms with E-state index in [-0.39, 0.29) is 12.2 Å². The highest BCUT2D eigenvalue weighted by Crippen LogP contribution is 2.36. The summed E-state index contributed by atoms with van der Waals surface area (Å²) in [6.07, 6.45) is 2.41. The van der Waals surface area contributed by atoms with E-state index in [0.717, 1.165) is 6.54 Å². The van der Waals surface area contributed by atoms with Gasteiger partial charge in [0.05, 0.1) is 6.54 Å². The van der Waals surface area contributed by atoms with Gasteiger partial charge in [0.1, 0.15) is 6.10 Å². The molecule has 0 bridgehead atoms. The Balaban J connectivity index is 1.88. The summed E-state index contributed by atoms with van der Waals surface area (Å²) in [5.41, 5.74) is 5.36. The number of carbonyl (C=O) groups excluding carboxylic acids is 1. The fourth-order valence-electron chi connectivity index (χ4n) is 1.58. The molecular formula is C8H14N2O2. The molecule has 1 heterocycles. The molecule has 2 aliphatic rings. The second-order valence-corrected chi connectivity index (χ2v) is 3.49. The van der Waals surface area contributed by atoms with Crippen molar-refractivity contribution in [3.05, 3.63) is 0 Å². The molecule has 1 saturated heterocycles. The Labute approximate surface area is 71.7 Å². The van der Waals surface area contributed by atoms with Gasteiger partial charge in [-0.05, 0) is 18.8 Å². The zero-order chi connectivity index (χ0) is 8.55. The van der Waals surface area contributed by atoms with Crippen LogP contribution in [0.3, 0.4) is 0 Å². The zero-order valence-corrected chi connectivity index (χ0v) is 7.03. The van der Waals surface area contributed by atoms with Crippen LogP contribution in [0.15, 0.2) is 0 Å². The van der Waals surface area contributed by atoms with Crippen LogP contribution >= 0.6 is 0 Å². The first-order valence-electron chi connectivity index (χ1n) is 4.47. The van der Waals surface area contributed by atoms with Gasteiger partial charge in [0.2, 0.25) is 0 Å². The number of nitrogens with zero attached hydrogens (tertiary/aromatic N) is 1. The summed E-state index contributed by atoms with van der Waals surface area (Å²) in [7, 11) is 0. The molecule has 1 aliphatic heterocycles. The molecule has 0 aromatic carbocycles. The van der Waals surface area contributed by atoms with Crippen LogP contribution in [0.5, 0.6) is 0 Å². The molecule has 1 aliphatic carbocycles. The molecule has 0 spiro atoms. The van der Waals surface area contributed by atoms with E-state index in [4.69, 9.17) is 10.5 Å². The topological polar surface area (TPSA) is 55.6 Å². The second-order valence-electron chi connectivity index (χ2n) is 3.49. The van der Waals surface area contributed by atoms with E-state index in [1.807, 2.05) is 0 Å². The monoisotopic (exact) mass is 170 g/mol. The maximum atomic E-state index is 11.2. The molecule has 0 aromatic rings. The van der Waals surface area contributed by atoms with Gasteiger partial charge in [0, 0.05) is 13.1 Å². The lowest BCUT2D eigenvalue weighted by Gasteiger charge is -2.09. The molecule has 4 nitrogen and oxygen atoms in total. The Kier molecular flexibility index (Phi) is 1.92. The highest BCUT2D eigenvalue weighted by molar-refractivity contribution is 5.70. The number of hydrogen-bond acceptors (Lipinski definition) is 3. The minimum Gasteiger partial charge on any atom is -0.444 e. The molecule has 2 N–H and O–H groups in total. The van der Waals surface area contributed by atoms with Gasteiger partial charge in [0.25, 0.3) is 0 Å². The smallest absolute Gasteiger partial charge is 0.410 e. The Morgan fingerprint density at radius 1 is 1.58 bits per heavy atom. The van der Waals surface area contributed by atoms with Crippen LogP contribution in [-0.2, 0) is 4.74 Å². The van der Waals surface area contributed by atoms with Crippen molar-refractivity contribution in [2.45, 2.75) is 18.9 Å². The third-order valence-electron chi connectivity index (χ3n) is 2.46. The quantitative estimate of drug-likeness (QED) is 0.657. The zero-order valence-electron chi connectivity index (χ0n) is 7.03. The third kappa shape index (κ3) is 1.39. The number of hydrogen-bond donors (Lipinski definition) is 1. The van der Waals surface area contributed by atoms with E-state index in [2.05, 4.69) is 0 Å². The molecule has 1 amide bonds. The summed E-state index contributed by atoms with van der Waals surface area (Å²) in [4.78, 5) is 12.9. The van der Waals surface area contributed by atoms with Crippen LogP contribution in [0.2, 0.25) is 0 Å². The standard InChI is InChI=1S/C8H14N2O2/c9-3-4-10-5-7(6-1-2-6)12-8(10)11/h6-7H,1-5,9H2. The highest BCUT2D eigenvalue weighted by Gasteiger charge is 2.41. The Morgan fingerprint density at radius 2 is 2.33 bits per heavy atom. The van der Waals surface area contributed by atoms with Crippen LogP contribution in [-0.4, -0.2) is 36.7 Å². The molecule has 4 heteroatoms. The highest BCUT2D eigenvalue weighted by atomic mass is 16.6. The second kappa shape index (κ2) is 2.94. The van der Waals surface area contributed by atoms with E-state index in [1.165, 1.54) is 12.8 Å². The van der Waals surface area contributed by atoms with Crippen molar-refractivity contribution in [2.24, 2.45) is 11.7 Å². The maximum absolute atomic E-state index is 11.2. The van der Waals surface area contributed by atoms with Gasteiger partial charge in [-0.3, -0.25) is 0 Å². The van der Waals surface area contributed by atoms with E-state index >= 15 is 0 Å². The Hall–Kier alpha value is -0.770. The average molecular weight is 170 g/mol. The summed E-state index contributed by atoms with van der Waals surface area (Å²) in [5.74, 6) is 0.636. The van der Waals surface area contributed by atoms with Crippen LogP contribution < -0.4 is 5.73 Å².